The molecule has 1 saturated heterocycles. The van der Waals surface area contributed by atoms with Gasteiger partial charge in [-0.15, -0.1) is 0 Å². The molecule has 0 spiro atoms. The molecule has 2 fully saturated rings. The van der Waals surface area contributed by atoms with Gasteiger partial charge in [-0.1, -0.05) is 30.8 Å². The lowest BCUT2D eigenvalue weighted by atomic mass is 10.0. The Bertz CT molecular complexity index is 1440. The Kier molecular flexibility index (Phi) is 8.46. The quantitative estimate of drug-likeness (QED) is 0.241. The van der Waals surface area contributed by atoms with Gasteiger partial charge in [-0.05, 0) is 62.5 Å². The second-order valence-electron chi connectivity index (χ2n) is 11.7. The largest absolute Gasteiger partial charge is 0.508 e. The van der Waals surface area contributed by atoms with Crippen LogP contribution in [-0.2, 0) is 17.8 Å². The van der Waals surface area contributed by atoms with Crippen LogP contribution in [0.2, 0.25) is 0 Å². The van der Waals surface area contributed by atoms with E-state index in [0.717, 1.165) is 71.4 Å². The molecule has 3 aromatic rings. The number of fused-ring (bicyclic) bond motifs is 4. The molecule has 222 valence electrons. The van der Waals surface area contributed by atoms with Crippen molar-refractivity contribution in [3.8, 4) is 11.8 Å². The Balaban J connectivity index is 1.19. The first kappa shape index (κ1) is 28.3. The number of hydrogen-bond donors (Lipinski definition) is 2. The highest BCUT2D eigenvalue weighted by Crippen LogP contribution is 2.38. The summed E-state index contributed by atoms with van der Waals surface area (Å²) in [6.07, 6.45) is 7.15. The van der Waals surface area contributed by atoms with Crippen molar-refractivity contribution in [1.82, 2.24) is 19.8 Å². The lowest BCUT2D eigenvalue weighted by Crippen LogP contribution is -2.35. The highest BCUT2D eigenvalue weighted by molar-refractivity contribution is 5.95. The first-order valence-electron chi connectivity index (χ1n) is 15.4. The summed E-state index contributed by atoms with van der Waals surface area (Å²) in [6, 6.07) is 12.9. The molecule has 6 rings (SSSR count). The van der Waals surface area contributed by atoms with Gasteiger partial charge < -0.3 is 25.0 Å². The van der Waals surface area contributed by atoms with Gasteiger partial charge in [-0.2, -0.15) is 9.97 Å². The number of anilines is 2. The minimum atomic E-state index is -0.0757. The Morgan fingerprint density at radius 1 is 1.26 bits per heavy atom. The first-order valence-corrected chi connectivity index (χ1v) is 15.4. The van der Waals surface area contributed by atoms with Crippen molar-refractivity contribution < 1.29 is 14.6 Å². The van der Waals surface area contributed by atoms with Gasteiger partial charge in [0.05, 0.1) is 18.8 Å². The number of nitrogens with one attached hydrogen (secondary N) is 1. The van der Waals surface area contributed by atoms with Crippen molar-refractivity contribution in [3.63, 3.8) is 0 Å². The number of likely N-dealkylation sites (tertiary alicyclic amines) is 1. The van der Waals surface area contributed by atoms with E-state index in [0.29, 0.717) is 38.8 Å². The molecule has 42 heavy (non-hydrogen) atoms. The number of hydrogen-bond acceptors (Lipinski definition) is 8. The van der Waals surface area contributed by atoms with Crippen LogP contribution in [0.3, 0.4) is 0 Å². The average Bonchev–Trinajstić information content (AvgIpc) is 3.64. The maximum absolute atomic E-state index is 12.2. The number of aromatic nitrogens is 2. The maximum atomic E-state index is 12.2. The number of phenolic OH excluding ortho intramolecular Hbond substituents is 1. The van der Waals surface area contributed by atoms with Crippen LogP contribution < -0.4 is 15.0 Å². The average molecular weight is 571 g/mol. The van der Waals surface area contributed by atoms with Gasteiger partial charge in [-0.3, -0.25) is 9.69 Å². The van der Waals surface area contributed by atoms with E-state index in [1.807, 2.05) is 31.2 Å². The smallest absolute Gasteiger partial charge is 0.318 e. The van der Waals surface area contributed by atoms with Gasteiger partial charge in [0.2, 0.25) is 5.91 Å². The number of nitrogens with zero attached hydrogens (tertiary/aromatic N) is 5. The molecule has 9 heteroatoms. The van der Waals surface area contributed by atoms with E-state index in [9.17, 15) is 9.90 Å². The van der Waals surface area contributed by atoms with Crippen molar-refractivity contribution >= 4 is 28.2 Å². The molecule has 1 amide bonds. The fraction of sp³-hybridized carbons (Fsp3) is 0.485. The summed E-state index contributed by atoms with van der Waals surface area (Å²) in [7, 11) is 0. The Hall–Kier alpha value is -3.85. The van der Waals surface area contributed by atoms with Gasteiger partial charge in [0.15, 0.2) is 0 Å². The van der Waals surface area contributed by atoms with Crippen LogP contribution in [0.4, 0.5) is 11.5 Å². The molecule has 2 bridgehead atoms. The molecule has 0 unspecified atom stereocenters. The van der Waals surface area contributed by atoms with E-state index in [1.54, 1.807) is 11.0 Å². The molecule has 1 aromatic heterocycles. The van der Waals surface area contributed by atoms with Crippen LogP contribution in [0.25, 0.3) is 10.8 Å². The minimum absolute atomic E-state index is 0.0757. The lowest BCUT2D eigenvalue weighted by molar-refractivity contribution is -0.125. The van der Waals surface area contributed by atoms with Crippen LogP contribution in [0.1, 0.15) is 43.9 Å². The number of aromatic hydroxyl groups is 1. The van der Waals surface area contributed by atoms with Crippen LogP contribution in [-0.4, -0.2) is 82.7 Å². The van der Waals surface area contributed by atoms with E-state index < -0.39 is 0 Å². The third kappa shape index (κ3) is 6.02. The molecular weight excluding hydrogens is 528 g/mol. The predicted molar refractivity (Wildman–Crippen MR) is 166 cm³/mol. The molecule has 2 aromatic carbocycles. The fourth-order valence-corrected chi connectivity index (χ4v) is 6.96. The van der Waals surface area contributed by atoms with Crippen molar-refractivity contribution in [1.29, 1.82) is 0 Å². The van der Waals surface area contributed by atoms with Gasteiger partial charge in [0.1, 0.15) is 11.6 Å². The van der Waals surface area contributed by atoms with Crippen molar-refractivity contribution in [2.75, 3.05) is 56.1 Å². The van der Waals surface area contributed by atoms with E-state index in [-0.39, 0.29) is 11.7 Å². The minimum Gasteiger partial charge on any atom is -0.508 e. The van der Waals surface area contributed by atoms with Gasteiger partial charge in [0, 0.05) is 68.0 Å². The number of likely N-dealkylation sites (N-methyl/N-ethyl adjacent to an activating group) is 1. The summed E-state index contributed by atoms with van der Waals surface area (Å²) in [5.41, 5.74) is 3.00. The zero-order chi connectivity index (χ0) is 29.1. The van der Waals surface area contributed by atoms with Gasteiger partial charge in [-0.25, -0.2) is 0 Å². The molecular formula is C33H42N6O3. The Labute approximate surface area is 248 Å². The van der Waals surface area contributed by atoms with Crippen molar-refractivity contribution in [3.05, 3.63) is 60.3 Å². The molecule has 2 aliphatic heterocycles. The second kappa shape index (κ2) is 12.6. The van der Waals surface area contributed by atoms with E-state index in [4.69, 9.17) is 14.7 Å². The Morgan fingerprint density at radius 2 is 2.14 bits per heavy atom. The predicted octanol–water partition coefficient (Wildman–Crippen LogP) is 4.60. The number of ether oxygens (including phenoxy) is 1. The third-order valence-corrected chi connectivity index (χ3v) is 9.10. The highest BCUT2D eigenvalue weighted by Gasteiger charge is 2.37. The summed E-state index contributed by atoms with van der Waals surface area (Å²) in [6.45, 7) is 11.5. The topological polar surface area (TPSA) is 94.1 Å². The number of piperidine rings is 1. The standard InChI is InChI=1S/C33H42N6O3/c1-3-31(41)37(4-2)16-13-34-32-28-12-15-39(30-20-26(40)19-24-8-5-6-9-27(24)30)22-29(28)35-33(36-32)42-17-7-14-38-21-23-10-11-25(38)18-23/h3,5-6,8-9,19-20,23,25,40H,1,4,7,10-18,21-22H2,2H3,(H,34,35,36)/t23-,25+/m0/s1. The number of rotatable bonds is 12. The van der Waals surface area contributed by atoms with E-state index >= 15 is 0 Å². The van der Waals surface area contributed by atoms with E-state index in [2.05, 4.69) is 27.8 Å². The zero-order valence-electron chi connectivity index (χ0n) is 24.6. The molecule has 3 heterocycles. The SMILES string of the molecule is C=CC(=O)N(CC)CCNc1nc(OCCCN2C[C@H]3CC[C@@H]2C3)nc2c1CCN(c1cc(O)cc3ccccc13)C2. The second-order valence-corrected chi connectivity index (χ2v) is 11.7. The molecule has 3 aliphatic rings. The first-order chi connectivity index (χ1) is 20.5. The fourth-order valence-electron chi connectivity index (χ4n) is 6.96. The van der Waals surface area contributed by atoms with Crippen LogP contribution in [0, 0.1) is 5.92 Å². The molecule has 0 radical (unpaired) electrons. The molecule has 9 nitrogen and oxygen atoms in total. The molecule has 1 aliphatic carbocycles. The third-order valence-electron chi connectivity index (χ3n) is 9.10. The van der Waals surface area contributed by atoms with Crippen molar-refractivity contribution in [2.45, 2.75) is 51.6 Å². The van der Waals surface area contributed by atoms with Crippen molar-refractivity contribution in [2.24, 2.45) is 5.92 Å². The van der Waals surface area contributed by atoms with Gasteiger partial charge in [0.25, 0.3) is 0 Å². The van der Waals surface area contributed by atoms with E-state index in [1.165, 1.54) is 31.9 Å². The lowest BCUT2D eigenvalue weighted by Gasteiger charge is -2.32. The summed E-state index contributed by atoms with van der Waals surface area (Å²) >= 11 is 0. The number of phenols is 1. The number of benzene rings is 2. The van der Waals surface area contributed by atoms with Gasteiger partial charge >= 0.3 is 6.01 Å². The Morgan fingerprint density at radius 3 is 2.93 bits per heavy atom. The summed E-state index contributed by atoms with van der Waals surface area (Å²) in [4.78, 5) is 28.5. The normalized spacial score (nSPS) is 19.6. The molecule has 2 atom stereocenters. The zero-order valence-corrected chi connectivity index (χ0v) is 24.6. The molecule has 1 saturated carbocycles. The van der Waals surface area contributed by atoms with Crippen LogP contribution in [0.15, 0.2) is 49.1 Å². The monoisotopic (exact) mass is 570 g/mol. The maximum Gasteiger partial charge on any atom is 0.318 e. The number of carbonyl (C=O) groups is 1. The summed E-state index contributed by atoms with van der Waals surface area (Å²) in [5.74, 6) is 1.84. The molecule has 2 N–H and O–H groups in total. The highest BCUT2D eigenvalue weighted by atomic mass is 16.5. The summed E-state index contributed by atoms with van der Waals surface area (Å²) in [5, 5.41) is 16.0. The summed E-state index contributed by atoms with van der Waals surface area (Å²) < 4.78 is 6.16. The number of carbonyl (C=O) groups excluding carboxylic acids is 1. The van der Waals surface area contributed by atoms with Crippen LogP contribution in [0.5, 0.6) is 11.8 Å². The number of amides is 1. The van der Waals surface area contributed by atoms with Crippen LogP contribution >= 0.6 is 0 Å².